The van der Waals surface area contributed by atoms with Crippen molar-refractivity contribution < 1.29 is 0 Å². The molecule has 1 N–H and O–H groups in total. The molecule has 112 valence electrons. The van der Waals surface area contributed by atoms with Crippen molar-refractivity contribution in [1.82, 2.24) is 10.2 Å². The average molecular weight is 274 g/mol. The van der Waals surface area contributed by atoms with Crippen LogP contribution >= 0.6 is 0 Å². The van der Waals surface area contributed by atoms with Crippen molar-refractivity contribution in [3.63, 3.8) is 0 Å². The Hall–Kier alpha value is -0.860. The first-order valence-electron chi connectivity index (χ1n) is 8.35. The number of unbranched alkanes of at least 4 members (excludes halogenated alkanes) is 2. The minimum absolute atomic E-state index is 0.892. The van der Waals surface area contributed by atoms with Gasteiger partial charge in [0.15, 0.2) is 0 Å². The van der Waals surface area contributed by atoms with Crippen LogP contribution in [0.25, 0.3) is 0 Å². The van der Waals surface area contributed by atoms with Gasteiger partial charge in [0.05, 0.1) is 0 Å². The average Bonchev–Trinajstić information content (AvgIpc) is 2.50. The highest BCUT2D eigenvalue weighted by atomic mass is 15.1. The predicted octanol–water partition coefficient (Wildman–Crippen LogP) is 3.68. The van der Waals surface area contributed by atoms with Crippen molar-refractivity contribution in [3.8, 4) is 0 Å². The summed E-state index contributed by atoms with van der Waals surface area (Å²) in [6.45, 7) is 8.34. The molecule has 2 heteroatoms. The van der Waals surface area contributed by atoms with Crippen molar-refractivity contribution in [2.24, 2.45) is 5.92 Å². The molecule has 0 atom stereocenters. The number of nitrogens with one attached hydrogen (secondary N) is 1. The third-order valence-electron chi connectivity index (χ3n) is 4.35. The summed E-state index contributed by atoms with van der Waals surface area (Å²) in [5.74, 6) is 0.892. The smallest absolute Gasteiger partial charge is 0.0233 e. The highest BCUT2D eigenvalue weighted by Gasteiger charge is 2.18. The quantitative estimate of drug-likeness (QED) is 0.728. The molecule has 1 aromatic carbocycles. The molecule has 0 saturated carbocycles. The van der Waals surface area contributed by atoms with Gasteiger partial charge in [-0.25, -0.2) is 0 Å². The summed E-state index contributed by atoms with van der Waals surface area (Å²) < 4.78 is 0. The highest BCUT2D eigenvalue weighted by molar-refractivity contribution is 5.14. The minimum Gasteiger partial charge on any atom is -0.316 e. The molecule has 0 unspecified atom stereocenters. The lowest BCUT2D eigenvalue weighted by atomic mass is 9.96. The van der Waals surface area contributed by atoms with Gasteiger partial charge in [0, 0.05) is 6.54 Å². The predicted molar refractivity (Wildman–Crippen MR) is 86.8 cm³/mol. The molecular formula is C18H30N2. The van der Waals surface area contributed by atoms with E-state index in [-0.39, 0.29) is 0 Å². The number of hydrogen-bond acceptors (Lipinski definition) is 2. The van der Waals surface area contributed by atoms with Gasteiger partial charge in [-0.2, -0.15) is 0 Å². The first-order valence-corrected chi connectivity index (χ1v) is 8.35. The molecule has 1 heterocycles. The van der Waals surface area contributed by atoms with E-state index >= 15 is 0 Å². The van der Waals surface area contributed by atoms with E-state index in [1.165, 1.54) is 63.8 Å². The number of hydrogen-bond donors (Lipinski definition) is 1. The molecule has 1 aliphatic rings. The second-order valence-electron chi connectivity index (χ2n) is 6.12. The lowest BCUT2D eigenvalue weighted by molar-refractivity contribution is 0.175. The van der Waals surface area contributed by atoms with E-state index < -0.39 is 0 Å². The second-order valence-corrected chi connectivity index (χ2v) is 6.12. The van der Waals surface area contributed by atoms with Crippen LogP contribution in [-0.2, 0) is 6.54 Å². The minimum atomic E-state index is 0.892. The van der Waals surface area contributed by atoms with Crippen molar-refractivity contribution in [1.29, 1.82) is 0 Å². The first kappa shape index (κ1) is 15.5. The van der Waals surface area contributed by atoms with E-state index in [2.05, 4.69) is 47.5 Å². The van der Waals surface area contributed by atoms with Gasteiger partial charge in [0.25, 0.3) is 0 Å². The van der Waals surface area contributed by atoms with E-state index in [1.807, 2.05) is 0 Å². The fraction of sp³-hybridized carbons (Fsp3) is 0.667. The van der Waals surface area contributed by atoms with Gasteiger partial charge < -0.3 is 5.32 Å². The number of likely N-dealkylation sites (tertiary alicyclic amines) is 1. The maximum Gasteiger partial charge on any atom is 0.0233 e. The van der Waals surface area contributed by atoms with E-state index in [0.29, 0.717) is 0 Å². The lowest BCUT2D eigenvalue weighted by Gasteiger charge is -2.32. The van der Waals surface area contributed by atoms with E-state index in [9.17, 15) is 0 Å². The molecule has 2 rings (SSSR count). The van der Waals surface area contributed by atoms with Crippen LogP contribution in [0.4, 0.5) is 0 Å². The number of benzene rings is 1. The van der Waals surface area contributed by atoms with E-state index in [0.717, 1.165) is 12.5 Å². The second kappa shape index (κ2) is 9.15. The Bertz CT molecular complexity index is 342. The summed E-state index contributed by atoms with van der Waals surface area (Å²) in [5, 5.41) is 3.64. The van der Waals surface area contributed by atoms with Gasteiger partial charge in [0.1, 0.15) is 0 Å². The normalized spacial score (nSPS) is 17.4. The molecule has 0 aromatic heterocycles. The maximum atomic E-state index is 3.64. The topological polar surface area (TPSA) is 15.3 Å². The summed E-state index contributed by atoms with van der Waals surface area (Å²) in [6, 6.07) is 10.9. The monoisotopic (exact) mass is 274 g/mol. The summed E-state index contributed by atoms with van der Waals surface area (Å²) >= 11 is 0. The van der Waals surface area contributed by atoms with Crippen molar-refractivity contribution in [2.45, 2.75) is 45.6 Å². The van der Waals surface area contributed by atoms with E-state index in [1.54, 1.807) is 0 Å². The molecule has 1 aliphatic heterocycles. The van der Waals surface area contributed by atoms with Gasteiger partial charge in [-0.05, 0) is 56.9 Å². The Labute approximate surface area is 124 Å². The Morgan fingerprint density at radius 3 is 2.55 bits per heavy atom. The molecule has 0 amide bonds. The lowest BCUT2D eigenvalue weighted by Crippen LogP contribution is -2.37. The fourth-order valence-corrected chi connectivity index (χ4v) is 3.00. The Morgan fingerprint density at radius 1 is 1.10 bits per heavy atom. The summed E-state index contributed by atoms with van der Waals surface area (Å²) in [5.41, 5.74) is 1.45. The van der Waals surface area contributed by atoms with Crippen molar-refractivity contribution >= 4 is 0 Å². The third-order valence-corrected chi connectivity index (χ3v) is 4.35. The Kier molecular flexibility index (Phi) is 7.10. The molecule has 1 fully saturated rings. The molecule has 20 heavy (non-hydrogen) atoms. The van der Waals surface area contributed by atoms with Gasteiger partial charge in [-0.15, -0.1) is 0 Å². The zero-order valence-electron chi connectivity index (χ0n) is 13.0. The largest absolute Gasteiger partial charge is 0.316 e. The van der Waals surface area contributed by atoms with Crippen LogP contribution in [0.2, 0.25) is 0 Å². The summed E-state index contributed by atoms with van der Waals surface area (Å²) in [4.78, 5) is 2.60. The summed E-state index contributed by atoms with van der Waals surface area (Å²) in [6.07, 6.45) is 6.73. The Morgan fingerprint density at radius 2 is 1.85 bits per heavy atom. The van der Waals surface area contributed by atoms with Crippen LogP contribution in [0.3, 0.4) is 0 Å². The molecule has 0 bridgehead atoms. The van der Waals surface area contributed by atoms with Crippen LogP contribution < -0.4 is 5.32 Å². The molecule has 2 nitrogen and oxygen atoms in total. The standard InChI is InChI=1S/C18H30N2/c1-2-3-7-12-19-15-17-10-13-20(14-11-17)16-18-8-5-4-6-9-18/h4-6,8-9,17,19H,2-3,7,10-16H2,1H3. The van der Waals surface area contributed by atoms with Gasteiger partial charge in [-0.1, -0.05) is 50.1 Å². The highest BCUT2D eigenvalue weighted by Crippen LogP contribution is 2.18. The molecular weight excluding hydrogens is 244 g/mol. The molecule has 0 spiro atoms. The Balaban J connectivity index is 1.58. The number of rotatable bonds is 8. The summed E-state index contributed by atoms with van der Waals surface area (Å²) in [7, 11) is 0. The third kappa shape index (κ3) is 5.64. The first-order chi connectivity index (χ1) is 9.88. The van der Waals surface area contributed by atoms with Gasteiger partial charge >= 0.3 is 0 Å². The zero-order chi connectivity index (χ0) is 14.0. The number of nitrogens with zero attached hydrogens (tertiary/aromatic N) is 1. The SMILES string of the molecule is CCCCCNCC1CCN(Cc2ccccc2)CC1. The van der Waals surface area contributed by atoms with Crippen LogP contribution in [0.15, 0.2) is 30.3 Å². The number of piperidine rings is 1. The van der Waals surface area contributed by atoms with Crippen LogP contribution in [0, 0.1) is 5.92 Å². The van der Waals surface area contributed by atoms with Crippen molar-refractivity contribution in [3.05, 3.63) is 35.9 Å². The maximum absolute atomic E-state index is 3.64. The van der Waals surface area contributed by atoms with Crippen LogP contribution in [0.1, 0.15) is 44.6 Å². The van der Waals surface area contributed by atoms with Gasteiger partial charge in [-0.3, -0.25) is 4.90 Å². The van der Waals surface area contributed by atoms with Crippen molar-refractivity contribution in [2.75, 3.05) is 26.2 Å². The van der Waals surface area contributed by atoms with Crippen LogP contribution in [0.5, 0.6) is 0 Å². The molecule has 0 aliphatic carbocycles. The van der Waals surface area contributed by atoms with Gasteiger partial charge in [0.2, 0.25) is 0 Å². The molecule has 1 saturated heterocycles. The molecule has 0 radical (unpaired) electrons. The zero-order valence-corrected chi connectivity index (χ0v) is 13.0. The van der Waals surface area contributed by atoms with E-state index in [4.69, 9.17) is 0 Å². The fourth-order valence-electron chi connectivity index (χ4n) is 3.00. The van der Waals surface area contributed by atoms with Crippen LogP contribution in [-0.4, -0.2) is 31.1 Å². The molecule has 1 aromatic rings.